The molecule has 1 atom stereocenters. The SMILES string of the molecule is CC[C@@H](Oc1cccc(C)c1C)C(=O)Nc1ccc(S(=O)(=O)N2CCOCC2)cc1. The zero-order chi connectivity index (χ0) is 21.7. The van der Waals surface area contributed by atoms with Crippen molar-refractivity contribution in [3.63, 3.8) is 0 Å². The highest BCUT2D eigenvalue weighted by molar-refractivity contribution is 7.89. The minimum atomic E-state index is -3.56. The van der Waals surface area contributed by atoms with Crippen LogP contribution in [0, 0.1) is 13.8 Å². The molecule has 2 aromatic rings. The molecule has 0 spiro atoms. The average molecular weight is 433 g/mol. The van der Waals surface area contributed by atoms with E-state index in [-0.39, 0.29) is 10.8 Å². The van der Waals surface area contributed by atoms with Crippen molar-refractivity contribution in [2.75, 3.05) is 31.6 Å². The summed E-state index contributed by atoms with van der Waals surface area (Å²) in [6.07, 6.45) is -0.148. The Morgan fingerprint density at radius 2 is 1.80 bits per heavy atom. The van der Waals surface area contributed by atoms with E-state index in [1.165, 1.54) is 16.4 Å². The van der Waals surface area contributed by atoms with E-state index >= 15 is 0 Å². The molecule has 1 heterocycles. The van der Waals surface area contributed by atoms with Crippen molar-refractivity contribution >= 4 is 21.6 Å². The largest absolute Gasteiger partial charge is 0.480 e. The lowest BCUT2D eigenvalue weighted by Crippen LogP contribution is -2.40. The molecule has 30 heavy (non-hydrogen) atoms. The van der Waals surface area contributed by atoms with E-state index in [0.29, 0.717) is 44.2 Å². The molecule has 1 saturated heterocycles. The molecule has 0 aromatic heterocycles. The Hall–Kier alpha value is -2.42. The normalized spacial score (nSPS) is 16.1. The quantitative estimate of drug-likeness (QED) is 0.727. The molecule has 1 N–H and O–H groups in total. The number of hydrogen-bond donors (Lipinski definition) is 1. The van der Waals surface area contributed by atoms with Gasteiger partial charge in [0.05, 0.1) is 18.1 Å². The summed E-state index contributed by atoms with van der Waals surface area (Å²) < 4.78 is 38.0. The van der Waals surface area contributed by atoms with Gasteiger partial charge < -0.3 is 14.8 Å². The van der Waals surface area contributed by atoms with Crippen molar-refractivity contribution in [3.8, 4) is 5.75 Å². The zero-order valence-electron chi connectivity index (χ0n) is 17.6. The van der Waals surface area contributed by atoms with E-state index in [2.05, 4.69) is 5.32 Å². The van der Waals surface area contributed by atoms with Gasteiger partial charge in [0.25, 0.3) is 5.91 Å². The Balaban J connectivity index is 1.67. The van der Waals surface area contributed by atoms with Gasteiger partial charge in [0.1, 0.15) is 5.75 Å². The summed E-state index contributed by atoms with van der Waals surface area (Å²) in [4.78, 5) is 12.9. The summed E-state index contributed by atoms with van der Waals surface area (Å²) in [5.74, 6) is 0.408. The lowest BCUT2D eigenvalue weighted by molar-refractivity contribution is -0.122. The van der Waals surface area contributed by atoms with E-state index in [1.54, 1.807) is 12.1 Å². The predicted molar refractivity (Wildman–Crippen MR) is 115 cm³/mol. The number of nitrogens with one attached hydrogen (secondary N) is 1. The first-order valence-corrected chi connectivity index (χ1v) is 11.5. The minimum Gasteiger partial charge on any atom is -0.480 e. The summed E-state index contributed by atoms with van der Waals surface area (Å²) in [6, 6.07) is 11.9. The summed E-state index contributed by atoms with van der Waals surface area (Å²) in [5.41, 5.74) is 2.62. The summed E-state index contributed by atoms with van der Waals surface area (Å²) >= 11 is 0. The predicted octanol–water partition coefficient (Wildman–Crippen LogP) is 3.12. The van der Waals surface area contributed by atoms with Crippen LogP contribution in [-0.2, 0) is 19.6 Å². The van der Waals surface area contributed by atoms with Gasteiger partial charge in [0.15, 0.2) is 6.10 Å². The number of rotatable bonds is 7. The highest BCUT2D eigenvalue weighted by atomic mass is 32.2. The maximum absolute atomic E-state index is 12.7. The van der Waals surface area contributed by atoms with Crippen LogP contribution in [0.25, 0.3) is 0 Å². The second kappa shape index (κ2) is 9.59. The third-order valence-electron chi connectivity index (χ3n) is 5.22. The number of nitrogens with zero attached hydrogens (tertiary/aromatic N) is 1. The van der Waals surface area contributed by atoms with E-state index in [9.17, 15) is 13.2 Å². The monoisotopic (exact) mass is 432 g/mol. The third kappa shape index (κ3) is 5.00. The minimum absolute atomic E-state index is 0.195. The molecule has 0 radical (unpaired) electrons. The number of hydrogen-bond acceptors (Lipinski definition) is 5. The van der Waals surface area contributed by atoms with Crippen molar-refractivity contribution in [2.24, 2.45) is 0 Å². The van der Waals surface area contributed by atoms with Gasteiger partial charge in [-0.25, -0.2) is 8.42 Å². The Kier molecular flexibility index (Phi) is 7.12. The van der Waals surface area contributed by atoms with Crippen LogP contribution in [0.4, 0.5) is 5.69 Å². The van der Waals surface area contributed by atoms with Crippen molar-refractivity contribution in [1.29, 1.82) is 0 Å². The van der Waals surface area contributed by atoms with E-state index in [1.807, 2.05) is 39.0 Å². The number of aryl methyl sites for hydroxylation is 1. The summed E-state index contributed by atoms with van der Waals surface area (Å²) in [5, 5.41) is 2.81. The summed E-state index contributed by atoms with van der Waals surface area (Å²) in [6.45, 7) is 7.31. The average Bonchev–Trinajstić information content (AvgIpc) is 2.75. The standard InChI is InChI=1S/C22H28N2O5S/c1-4-20(29-21-7-5-6-16(2)17(21)3)22(25)23-18-8-10-19(11-9-18)30(26,27)24-12-14-28-15-13-24/h5-11,20H,4,12-15H2,1-3H3,(H,23,25)/t20-/m1/s1. The molecule has 0 aliphatic carbocycles. The molecule has 1 amide bonds. The van der Waals surface area contributed by atoms with Gasteiger partial charge in [-0.3, -0.25) is 4.79 Å². The number of carbonyl (C=O) groups excluding carboxylic acids is 1. The van der Waals surface area contributed by atoms with Crippen molar-refractivity contribution < 1.29 is 22.7 Å². The van der Waals surface area contributed by atoms with Gasteiger partial charge in [-0.15, -0.1) is 0 Å². The van der Waals surface area contributed by atoms with Crippen LogP contribution >= 0.6 is 0 Å². The van der Waals surface area contributed by atoms with Crippen LogP contribution in [0.2, 0.25) is 0 Å². The molecule has 3 rings (SSSR count). The van der Waals surface area contributed by atoms with E-state index in [0.717, 1.165) is 11.1 Å². The van der Waals surface area contributed by atoms with Crippen LogP contribution in [0.15, 0.2) is 47.4 Å². The number of carbonyl (C=O) groups is 1. The molecular weight excluding hydrogens is 404 g/mol. The molecule has 1 fully saturated rings. The highest BCUT2D eigenvalue weighted by Gasteiger charge is 2.26. The number of anilines is 1. The maximum atomic E-state index is 12.7. The van der Waals surface area contributed by atoms with Crippen LogP contribution in [0.5, 0.6) is 5.75 Å². The van der Waals surface area contributed by atoms with E-state index < -0.39 is 16.1 Å². The van der Waals surface area contributed by atoms with Crippen LogP contribution < -0.4 is 10.1 Å². The fraction of sp³-hybridized carbons (Fsp3) is 0.409. The molecule has 1 aliphatic heterocycles. The number of morpholine rings is 1. The van der Waals surface area contributed by atoms with Crippen molar-refractivity contribution in [2.45, 2.75) is 38.2 Å². The first-order valence-electron chi connectivity index (χ1n) is 10.0. The second-order valence-corrected chi connectivity index (χ2v) is 9.18. The molecule has 0 saturated carbocycles. The number of benzene rings is 2. The highest BCUT2D eigenvalue weighted by Crippen LogP contribution is 2.23. The lowest BCUT2D eigenvalue weighted by Gasteiger charge is -2.26. The zero-order valence-corrected chi connectivity index (χ0v) is 18.4. The smallest absolute Gasteiger partial charge is 0.265 e. The van der Waals surface area contributed by atoms with Gasteiger partial charge in [-0.1, -0.05) is 19.1 Å². The van der Waals surface area contributed by atoms with Gasteiger partial charge in [0, 0.05) is 18.8 Å². The van der Waals surface area contributed by atoms with Gasteiger partial charge in [-0.2, -0.15) is 4.31 Å². The topological polar surface area (TPSA) is 84.9 Å². The Bertz CT molecular complexity index is 983. The fourth-order valence-electron chi connectivity index (χ4n) is 3.20. The molecule has 0 unspecified atom stereocenters. The maximum Gasteiger partial charge on any atom is 0.265 e. The van der Waals surface area contributed by atoms with Gasteiger partial charge >= 0.3 is 0 Å². The third-order valence-corrected chi connectivity index (χ3v) is 7.13. The fourth-order valence-corrected chi connectivity index (χ4v) is 4.60. The van der Waals surface area contributed by atoms with Crippen LogP contribution in [0.1, 0.15) is 24.5 Å². The Morgan fingerprint density at radius 3 is 2.43 bits per heavy atom. The lowest BCUT2D eigenvalue weighted by atomic mass is 10.1. The van der Waals surface area contributed by atoms with E-state index in [4.69, 9.17) is 9.47 Å². The van der Waals surface area contributed by atoms with Crippen LogP contribution in [-0.4, -0.2) is 51.0 Å². The van der Waals surface area contributed by atoms with Crippen molar-refractivity contribution in [3.05, 3.63) is 53.6 Å². The number of sulfonamides is 1. The Labute approximate surface area is 178 Å². The van der Waals surface area contributed by atoms with Crippen molar-refractivity contribution in [1.82, 2.24) is 4.31 Å². The first-order chi connectivity index (χ1) is 14.3. The number of ether oxygens (including phenoxy) is 2. The second-order valence-electron chi connectivity index (χ2n) is 7.24. The molecule has 162 valence electrons. The molecule has 0 bridgehead atoms. The molecule has 8 heteroatoms. The molecular formula is C22H28N2O5S. The Morgan fingerprint density at radius 1 is 1.13 bits per heavy atom. The molecule has 7 nitrogen and oxygen atoms in total. The van der Waals surface area contributed by atoms with Gasteiger partial charge in [-0.05, 0) is 61.7 Å². The molecule has 1 aliphatic rings. The molecule has 2 aromatic carbocycles. The van der Waals surface area contributed by atoms with Gasteiger partial charge in [0.2, 0.25) is 10.0 Å². The summed E-state index contributed by atoms with van der Waals surface area (Å²) in [7, 11) is -3.56. The first kappa shape index (κ1) is 22.3. The number of amides is 1. The van der Waals surface area contributed by atoms with Crippen LogP contribution in [0.3, 0.4) is 0 Å².